The maximum atomic E-state index is 13.8. The molecule has 0 spiro atoms. The van der Waals surface area contributed by atoms with Crippen LogP contribution in [0.25, 0.3) is 0 Å². The van der Waals surface area contributed by atoms with Gasteiger partial charge in [0.25, 0.3) is 15.9 Å². The van der Waals surface area contributed by atoms with Crippen molar-refractivity contribution in [3.8, 4) is 0 Å². The number of amides is 3. The van der Waals surface area contributed by atoms with Gasteiger partial charge in [0.2, 0.25) is 11.8 Å². The quantitative estimate of drug-likeness (QED) is 0.424. The maximum absolute atomic E-state index is 13.8. The molecule has 1 N–H and O–H groups in total. The van der Waals surface area contributed by atoms with Crippen molar-refractivity contribution in [3.63, 3.8) is 0 Å². The van der Waals surface area contributed by atoms with E-state index in [-0.39, 0.29) is 42.3 Å². The van der Waals surface area contributed by atoms with Crippen LogP contribution in [0.2, 0.25) is 0 Å². The van der Waals surface area contributed by atoms with E-state index in [4.69, 9.17) is 0 Å². The van der Waals surface area contributed by atoms with E-state index in [2.05, 4.69) is 5.32 Å². The third-order valence-corrected chi connectivity index (χ3v) is 8.32. The molecule has 0 fully saturated rings. The summed E-state index contributed by atoms with van der Waals surface area (Å²) in [7, 11) is -4.10. The molecule has 210 valence electrons. The highest BCUT2D eigenvalue weighted by atomic mass is 32.2. The Labute approximate surface area is 233 Å². The molecule has 0 saturated carbocycles. The molecule has 1 aliphatic rings. The number of halogens is 1. The third-order valence-electron chi connectivity index (χ3n) is 6.48. The summed E-state index contributed by atoms with van der Waals surface area (Å²) in [6.45, 7) is 5.09. The molecular weight excluding hydrogens is 533 g/mol. The van der Waals surface area contributed by atoms with Crippen LogP contribution in [-0.4, -0.2) is 53.5 Å². The van der Waals surface area contributed by atoms with Crippen LogP contribution in [0.3, 0.4) is 0 Å². The van der Waals surface area contributed by atoms with Crippen LogP contribution in [0.15, 0.2) is 83.8 Å². The minimum Gasteiger partial charge on any atom is -0.350 e. The summed E-state index contributed by atoms with van der Waals surface area (Å²) in [5.74, 6) is -2.04. The fourth-order valence-corrected chi connectivity index (χ4v) is 6.16. The van der Waals surface area contributed by atoms with Crippen molar-refractivity contribution in [2.75, 3.05) is 6.54 Å². The molecule has 40 heavy (non-hydrogen) atoms. The lowest BCUT2D eigenvalue weighted by Crippen LogP contribution is -2.54. The molecule has 0 aromatic heterocycles. The van der Waals surface area contributed by atoms with Gasteiger partial charge in [-0.1, -0.05) is 54.6 Å². The van der Waals surface area contributed by atoms with E-state index in [0.29, 0.717) is 9.87 Å². The Balaban J connectivity index is 1.65. The van der Waals surface area contributed by atoms with E-state index < -0.39 is 39.2 Å². The van der Waals surface area contributed by atoms with Crippen LogP contribution in [0, 0.1) is 5.82 Å². The number of carbonyl (C=O) groups excluding carboxylic acids is 3. The largest absolute Gasteiger partial charge is 0.350 e. The average molecular weight is 566 g/mol. The summed E-state index contributed by atoms with van der Waals surface area (Å²) in [5, 5.41) is 2.95. The Kier molecular flexibility index (Phi) is 8.39. The van der Waals surface area contributed by atoms with E-state index in [1.165, 1.54) is 47.4 Å². The summed E-state index contributed by atoms with van der Waals surface area (Å²) in [4.78, 5) is 41.6. The van der Waals surface area contributed by atoms with Crippen molar-refractivity contribution in [1.29, 1.82) is 0 Å². The average Bonchev–Trinajstić information content (AvgIpc) is 3.10. The van der Waals surface area contributed by atoms with Crippen molar-refractivity contribution in [2.24, 2.45) is 0 Å². The summed E-state index contributed by atoms with van der Waals surface area (Å²) in [6.07, 6.45) is -0.143. The Morgan fingerprint density at radius 2 is 1.55 bits per heavy atom. The van der Waals surface area contributed by atoms with E-state index >= 15 is 0 Å². The van der Waals surface area contributed by atoms with Gasteiger partial charge in [0.15, 0.2) is 0 Å². The summed E-state index contributed by atoms with van der Waals surface area (Å²) < 4.78 is 40.4. The second-order valence-corrected chi connectivity index (χ2v) is 12.6. The normalized spacial score (nSPS) is 14.9. The van der Waals surface area contributed by atoms with Crippen molar-refractivity contribution in [3.05, 3.63) is 101 Å². The van der Waals surface area contributed by atoms with Gasteiger partial charge in [0.05, 0.1) is 5.56 Å². The zero-order valence-corrected chi connectivity index (χ0v) is 23.4. The number of nitrogens with zero attached hydrogens (tertiary/aromatic N) is 2. The number of fused-ring (bicyclic) bond motifs is 1. The van der Waals surface area contributed by atoms with E-state index in [0.717, 1.165) is 5.56 Å². The molecule has 0 saturated heterocycles. The summed E-state index contributed by atoms with van der Waals surface area (Å²) in [6, 6.07) is 19.8. The minimum absolute atomic E-state index is 0.0188. The number of carbonyl (C=O) groups is 3. The SMILES string of the molecule is CC(C)(C)NC(=O)C(Cc1ccccc1)N(Cc1ccc(F)cc1)C(=O)CCN1C(=O)c2ccccc2S1(=O)=O. The molecule has 10 heteroatoms. The topological polar surface area (TPSA) is 104 Å². The van der Waals surface area contributed by atoms with Crippen LogP contribution in [0.4, 0.5) is 4.39 Å². The number of hydrogen-bond donors (Lipinski definition) is 1. The Bertz CT molecular complexity index is 1500. The van der Waals surface area contributed by atoms with Crippen LogP contribution < -0.4 is 5.32 Å². The second kappa shape index (κ2) is 11.6. The summed E-state index contributed by atoms with van der Waals surface area (Å²) in [5.41, 5.74) is 0.887. The molecule has 1 aliphatic heterocycles. The van der Waals surface area contributed by atoms with Gasteiger partial charge in [-0.15, -0.1) is 0 Å². The predicted molar refractivity (Wildman–Crippen MR) is 148 cm³/mol. The van der Waals surface area contributed by atoms with Gasteiger partial charge in [-0.2, -0.15) is 0 Å². The third kappa shape index (κ3) is 6.56. The molecule has 1 unspecified atom stereocenters. The maximum Gasteiger partial charge on any atom is 0.269 e. The van der Waals surface area contributed by atoms with E-state index in [1.807, 2.05) is 51.1 Å². The number of hydrogen-bond acceptors (Lipinski definition) is 5. The van der Waals surface area contributed by atoms with Crippen LogP contribution in [-0.2, 0) is 32.6 Å². The highest BCUT2D eigenvalue weighted by Gasteiger charge is 2.41. The van der Waals surface area contributed by atoms with E-state index in [1.54, 1.807) is 6.07 Å². The molecule has 1 heterocycles. The lowest BCUT2D eigenvalue weighted by atomic mass is 10.0. The zero-order valence-electron chi connectivity index (χ0n) is 22.6. The fourth-order valence-electron chi connectivity index (χ4n) is 4.59. The standard InChI is InChI=1S/C30H32FN3O5S/c1-30(2,3)32-28(36)25(19-21-9-5-4-6-10-21)33(20-22-13-15-23(31)16-14-22)27(35)17-18-34-29(37)24-11-7-8-12-26(24)40(34,38)39/h4-16,25H,17-20H2,1-3H3,(H,32,36). The van der Waals surface area contributed by atoms with Crippen molar-refractivity contribution in [1.82, 2.24) is 14.5 Å². The fraction of sp³-hybridized carbons (Fsp3) is 0.300. The first-order chi connectivity index (χ1) is 18.9. The first kappa shape index (κ1) is 28.9. The van der Waals surface area contributed by atoms with Crippen molar-refractivity contribution >= 4 is 27.7 Å². The smallest absolute Gasteiger partial charge is 0.269 e. The summed E-state index contributed by atoms with van der Waals surface area (Å²) >= 11 is 0. The molecule has 0 radical (unpaired) electrons. The zero-order chi connectivity index (χ0) is 29.1. The van der Waals surface area contributed by atoms with Gasteiger partial charge < -0.3 is 10.2 Å². The highest BCUT2D eigenvalue weighted by Crippen LogP contribution is 2.30. The number of benzene rings is 3. The van der Waals surface area contributed by atoms with Gasteiger partial charge in [-0.25, -0.2) is 17.1 Å². The Morgan fingerprint density at radius 1 is 0.925 bits per heavy atom. The van der Waals surface area contributed by atoms with Gasteiger partial charge >= 0.3 is 0 Å². The minimum atomic E-state index is -4.10. The van der Waals surface area contributed by atoms with Crippen molar-refractivity contribution < 1.29 is 27.2 Å². The molecule has 3 aromatic carbocycles. The van der Waals surface area contributed by atoms with Gasteiger partial charge in [0.1, 0.15) is 16.8 Å². The predicted octanol–water partition coefficient (Wildman–Crippen LogP) is 3.92. The first-order valence-corrected chi connectivity index (χ1v) is 14.4. The van der Waals surface area contributed by atoms with E-state index in [9.17, 15) is 27.2 Å². The Hall–Kier alpha value is -4.05. The first-order valence-electron chi connectivity index (χ1n) is 12.9. The van der Waals surface area contributed by atoms with Crippen LogP contribution in [0.5, 0.6) is 0 Å². The molecule has 0 aliphatic carbocycles. The van der Waals surface area contributed by atoms with Gasteiger partial charge in [-0.3, -0.25) is 14.4 Å². The molecule has 3 amide bonds. The highest BCUT2D eigenvalue weighted by molar-refractivity contribution is 7.90. The number of sulfonamides is 1. The monoisotopic (exact) mass is 565 g/mol. The molecule has 0 bridgehead atoms. The Morgan fingerprint density at radius 3 is 2.17 bits per heavy atom. The molecular formula is C30H32FN3O5S. The molecule has 8 nitrogen and oxygen atoms in total. The second-order valence-electron chi connectivity index (χ2n) is 10.7. The molecule has 1 atom stereocenters. The van der Waals surface area contributed by atoms with Crippen LogP contribution in [0.1, 0.15) is 48.7 Å². The van der Waals surface area contributed by atoms with Crippen molar-refractivity contribution in [2.45, 2.75) is 56.6 Å². The lowest BCUT2D eigenvalue weighted by molar-refractivity contribution is -0.142. The molecule has 3 aromatic rings. The number of nitrogens with one attached hydrogen (secondary N) is 1. The van der Waals surface area contributed by atoms with Gasteiger partial charge in [0, 0.05) is 31.5 Å². The number of rotatable bonds is 9. The lowest BCUT2D eigenvalue weighted by Gasteiger charge is -2.34. The van der Waals surface area contributed by atoms with Gasteiger partial charge in [-0.05, 0) is 56.2 Å². The molecule has 4 rings (SSSR count). The van der Waals surface area contributed by atoms with Crippen LogP contribution >= 0.6 is 0 Å².